The predicted molar refractivity (Wildman–Crippen MR) is 74.7 cm³/mol. The first kappa shape index (κ1) is 12.0. The largest absolute Gasteiger partial charge is 0.478 e. The fourth-order valence-electron chi connectivity index (χ4n) is 2.95. The molecule has 1 fully saturated rings. The Kier molecular flexibility index (Phi) is 2.35. The van der Waals surface area contributed by atoms with Gasteiger partial charge in [-0.15, -0.1) is 0 Å². The zero-order chi connectivity index (χ0) is 14.6. The SMILES string of the molecule is CN1C(=O)C2=COCN2C(=O)C1c1c[nH]c2ccccc12. The molecule has 0 spiro atoms. The molecular weight excluding hydrogens is 270 g/mol. The van der Waals surface area contributed by atoms with Gasteiger partial charge in [0, 0.05) is 29.7 Å². The fourth-order valence-corrected chi connectivity index (χ4v) is 2.95. The van der Waals surface area contributed by atoms with Gasteiger partial charge in [-0.3, -0.25) is 14.5 Å². The second kappa shape index (κ2) is 4.12. The van der Waals surface area contributed by atoms with Crippen molar-refractivity contribution in [2.24, 2.45) is 0 Å². The molecule has 2 aliphatic heterocycles. The van der Waals surface area contributed by atoms with Crippen molar-refractivity contribution in [1.29, 1.82) is 0 Å². The molecule has 2 aliphatic rings. The third kappa shape index (κ3) is 1.53. The quantitative estimate of drug-likeness (QED) is 0.859. The van der Waals surface area contributed by atoms with E-state index in [0.29, 0.717) is 5.70 Å². The van der Waals surface area contributed by atoms with Crippen molar-refractivity contribution in [1.82, 2.24) is 14.8 Å². The molecule has 0 radical (unpaired) electrons. The zero-order valence-corrected chi connectivity index (χ0v) is 11.4. The minimum atomic E-state index is -0.632. The lowest BCUT2D eigenvalue weighted by molar-refractivity contribution is -0.150. The van der Waals surface area contributed by atoms with Gasteiger partial charge in [0.1, 0.15) is 18.0 Å². The first-order valence-electron chi connectivity index (χ1n) is 6.65. The molecule has 1 unspecified atom stereocenters. The van der Waals surface area contributed by atoms with Crippen LogP contribution in [0.15, 0.2) is 42.4 Å². The Balaban J connectivity index is 1.86. The predicted octanol–water partition coefficient (Wildman–Crippen LogP) is 1.34. The van der Waals surface area contributed by atoms with Gasteiger partial charge < -0.3 is 14.6 Å². The van der Waals surface area contributed by atoms with Crippen LogP contribution in [0.2, 0.25) is 0 Å². The molecular formula is C15H13N3O3. The second-order valence-corrected chi connectivity index (χ2v) is 5.17. The van der Waals surface area contributed by atoms with Crippen molar-refractivity contribution in [3.8, 4) is 0 Å². The number of likely N-dealkylation sites (N-methyl/N-ethyl adjacent to an activating group) is 1. The van der Waals surface area contributed by atoms with E-state index in [4.69, 9.17) is 4.74 Å². The van der Waals surface area contributed by atoms with Crippen LogP contribution in [0.5, 0.6) is 0 Å². The van der Waals surface area contributed by atoms with Crippen LogP contribution in [0.25, 0.3) is 10.9 Å². The molecule has 106 valence electrons. The van der Waals surface area contributed by atoms with E-state index in [1.807, 2.05) is 24.3 Å². The summed E-state index contributed by atoms with van der Waals surface area (Å²) in [6, 6.07) is 7.10. The molecule has 0 aliphatic carbocycles. The number of aromatic nitrogens is 1. The molecule has 3 heterocycles. The normalized spacial score (nSPS) is 21.6. The van der Waals surface area contributed by atoms with E-state index >= 15 is 0 Å². The summed E-state index contributed by atoms with van der Waals surface area (Å²) in [6.07, 6.45) is 3.14. The van der Waals surface area contributed by atoms with Crippen LogP contribution in [0.4, 0.5) is 0 Å². The van der Waals surface area contributed by atoms with E-state index in [9.17, 15) is 9.59 Å². The van der Waals surface area contributed by atoms with Crippen LogP contribution < -0.4 is 0 Å². The van der Waals surface area contributed by atoms with E-state index in [0.717, 1.165) is 16.5 Å². The lowest BCUT2D eigenvalue weighted by Crippen LogP contribution is -2.51. The summed E-state index contributed by atoms with van der Waals surface area (Å²) in [5.74, 6) is -0.354. The monoisotopic (exact) mass is 283 g/mol. The highest BCUT2D eigenvalue weighted by Gasteiger charge is 2.44. The second-order valence-electron chi connectivity index (χ2n) is 5.17. The van der Waals surface area contributed by atoms with E-state index in [-0.39, 0.29) is 18.5 Å². The van der Waals surface area contributed by atoms with Crippen molar-refractivity contribution in [2.75, 3.05) is 13.8 Å². The summed E-state index contributed by atoms with van der Waals surface area (Å²) in [6.45, 7) is 0.104. The molecule has 1 atom stereocenters. The molecule has 21 heavy (non-hydrogen) atoms. The molecule has 6 heteroatoms. The summed E-state index contributed by atoms with van der Waals surface area (Å²) in [5.41, 5.74) is 2.05. The standard InChI is InChI=1S/C15H13N3O3/c1-17-13(10-6-16-11-5-3-2-4-9(10)11)15(20)18-8-21-7-12(18)14(17)19/h2-7,13,16H,8H2,1H3. The number of nitrogens with zero attached hydrogens (tertiary/aromatic N) is 2. The maximum atomic E-state index is 12.7. The Labute approximate surface area is 120 Å². The number of piperazine rings is 1. The van der Waals surface area contributed by atoms with Gasteiger partial charge in [0.15, 0.2) is 6.73 Å². The number of nitrogens with one attached hydrogen (secondary N) is 1. The van der Waals surface area contributed by atoms with Crippen molar-refractivity contribution < 1.29 is 14.3 Å². The third-order valence-corrected chi connectivity index (χ3v) is 4.03. The van der Waals surface area contributed by atoms with Gasteiger partial charge >= 0.3 is 0 Å². The smallest absolute Gasteiger partial charge is 0.274 e. The molecule has 0 saturated carbocycles. The Morgan fingerprint density at radius 3 is 2.95 bits per heavy atom. The molecule has 6 nitrogen and oxygen atoms in total. The van der Waals surface area contributed by atoms with Gasteiger partial charge in [-0.05, 0) is 6.07 Å². The average Bonchev–Trinajstić information content (AvgIpc) is 3.12. The van der Waals surface area contributed by atoms with Crippen LogP contribution in [-0.4, -0.2) is 40.4 Å². The van der Waals surface area contributed by atoms with Gasteiger partial charge in [0.05, 0.1) is 0 Å². The van der Waals surface area contributed by atoms with Crippen LogP contribution in [-0.2, 0) is 14.3 Å². The summed E-state index contributed by atoms with van der Waals surface area (Å²) >= 11 is 0. The number of rotatable bonds is 1. The lowest BCUT2D eigenvalue weighted by atomic mass is 10.0. The Morgan fingerprint density at radius 2 is 2.10 bits per heavy atom. The molecule has 1 saturated heterocycles. The van der Waals surface area contributed by atoms with Gasteiger partial charge in [-0.1, -0.05) is 18.2 Å². The van der Waals surface area contributed by atoms with Crippen LogP contribution in [0, 0.1) is 0 Å². The molecule has 2 amide bonds. The minimum Gasteiger partial charge on any atom is -0.478 e. The van der Waals surface area contributed by atoms with Crippen molar-refractivity contribution >= 4 is 22.7 Å². The summed E-state index contributed by atoms with van der Waals surface area (Å²) in [4.78, 5) is 31.1. The van der Waals surface area contributed by atoms with E-state index < -0.39 is 6.04 Å². The number of para-hydroxylation sites is 1. The molecule has 2 aromatic rings. The maximum absolute atomic E-state index is 12.7. The molecule has 1 aromatic heterocycles. The Hall–Kier alpha value is -2.76. The third-order valence-electron chi connectivity index (χ3n) is 4.03. The summed E-state index contributed by atoms with van der Waals surface area (Å²) in [5, 5.41) is 0.947. The number of hydrogen-bond donors (Lipinski definition) is 1. The number of fused-ring (bicyclic) bond motifs is 2. The average molecular weight is 283 g/mol. The van der Waals surface area contributed by atoms with Crippen LogP contribution in [0.3, 0.4) is 0 Å². The molecule has 0 bridgehead atoms. The number of aromatic amines is 1. The number of amides is 2. The van der Waals surface area contributed by atoms with Crippen LogP contribution in [0.1, 0.15) is 11.6 Å². The number of hydrogen-bond acceptors (Lipinski definition) is 3. The van der Waals surface area contributed by atoms with Gasteiger partial charge in [0.2, 0.25) is 0 Å². The molecule has 4 rings (SSSR count). The fraction of sp³-hybridized carbons (Fsp3) is 0.200. The van der Waals surface area contributed by atoms with E-state index in [2.05, 4.69) is 4.98 Å². The summed E-state index contributed by atoms with van der Waals surface area (Å²) in [7, 11) is 1.64. The maximum Gasteiger partial charge on any atom is 0.274 e. The van der Waals surface area contributed by atoms with Crippen molar-refractivity contribution in [3.63, 3.8) is 0 Å². The van der Waals surface area contributed by atoms with Crippen molar-refractivity contribution in [2.45, 2.75) is 6.04 Å². The zero-order valence-electron chi connectivity index (χ0n) is 11.4. The first-order valence-corrected chi connectivity index (χ1v) is 6.65. The van der Waals surface area contributed by atoms with Crippen molar-refractivity contribution in [3.05, 3.63) is 48.0 Å². The van der Waals surface area contributed by atoms with Gasteiger partial charge in [-0.25, -0.2) is 0 Å². The number of H-pyrrole nitrogens is 1. The topological polar surface area (TPSA) is 65.6 Å². The number of benzene rings is 1. The highest BCUT2D eigenvalue weighted by atomic mass is 16.5. The number of carbonyl (C=O) groups is 2. The highest BCUT2D eigenvalue weighted by Crippen LogP contribution is 2.35. The highest BCUT2D eigenvalue weighted by molar-refractivity contribution is 6.06. The van der Waals surface area contributed by atoms with E-state index in [1.54, 1.807) is 13.2 Å². The van der Waals surface area contributed by atoms with E-state index in [1.165, 1.54) is 16.1 Å². The van der Waals surface area contributed by atoms with Gasteiger partial charge in [0.25, 0.3) is 11.8 Å². The molecule has 1 N–H and O–H groups in total. The Morgan fingerprint density at radius 1 is 1.29 bits per heavy atom. The number of carbonyl (C=O) groups excluding carboxylic acids is 2. The minimum absolute atomic E-state index is 0.104. The molecule has 1 aromatic carbocycles. The Bertz CT molecular complexity index is 792. The summed E-state index contributed by atoms with van der Waals surface area (Å²) < 4.78 is 5.12. The first-order chi connectivity index (χ1) is 10.2. The lowest BCUT2D eigenvalue weighted by Gasteiger charge is -2.36. The number of ether oxygens (including phenoxy) is 1. The van der Waals surface area contributed by atoms with Gasteiger partial charge in [-0.2, -0.15) is 0 Å². The van der Waals surface area contributed by atoms with Crippen LogP contribution >= 0.6 is 0 Å².